The molecule has 248 valence electrons. The van der Waals surface area contributed by atoms with Crippen molar-refractivity contribution in [2.75, 3.05) is 0 Å². The first kappa shape index (κ1) is 30.0. The minimum atomic E-state index is -0.406. The minimum Gasteiger partial charge on any atom is -0.228 e. The Balaban J connectivity index is 1.12. The molecule has 0 bridgehead atoms. The third-order valence-corrected chi connectivity index (χ3v) is 11.6. The highest BCUT2D eigenvalue weighted by molar-refractivity contribution is 5.96. The predicted octanol–water partition coefficient (Wildman–Crippen LogP) is 12.3. The molecule has 7 aromatic carbocycles. The molecular formula is C51H34N2. The van der Waals surface area contributed by atoms with Gasteiger partial charge in [0.15, 0.2) is 5.82 Å². The summed E-state index contributed by atoms with van der Waals surface area (Å²) in [6.45, 7) is 0. The summed E-state index contributed by atoms with van der Waals surface area (Å²) in [5.74, 6) is 0.800. The maximum Gasteiger partial charge on any atom is 0.156 e. The van der Waals surface area contributed by atoms with Crippen LogP contribution in [0.15, 0.2) is 176 Å². The molecule has 1 spiro atoms. The first-order valence-corrected chi connectivity index (χ1v) is 18.5. The van der Waals surface area contributed by atoms with E-state index in [1.807, 2.05) is 0 Å². The minimum absolute atomic E-state index is 0.406. The molecular weight excluding hydrogens is 641 g/mol. The molecule has 0 unspecified atom stereocenters. The summed E-state index contributed by atoms with van der Waals surface area (Å²) in [6.07, 6.45) is 4.18. The Morgan fingerprint density at radius 1 is 0.377 bits per heavy atom. The second-order valence-corrected chi connectivity index (χ2v) is 14.4. The summed E-state index contributed by atoms with van der Waals surface area (Å²) in [5, 5.41) is 0. The van der Waals surface area contributed by atoms with Gasteiger partial charge in [-0.3, -0.25) is 0 Å². The molecule has 11 rings (SSSR count). The molecule has 0 fully saturated rings. The molecule has 1 heterocycles. The summed E-state index contributed by atoms with van der Waals surface area (Å²) >= 11 is 0. The van der Waals surface area contributed by atoms with Crippen molar-refractivity contribution in [3.05, 3.63) is 215 Å². The van der Waals surface area contributed by atoms with E-state index in [0.717, 1.165) is 41.2 Å². The lowest BCUT2D eigenvalue weighted by Gasteiger charge is -2.30. The number of hydrogen-bond acceptors (Lipinski definition) is 2. The van der Waals surface area contributed by atoms with Gasteiger partial charge in [0.25, 0.3) is 0 Å². The van der Waals surface area contributed by atoms with E-state index < -0.39 is 5.41 Å². The van der Waals surface area contributed by atoms with Crippen molar-refractivity contribution >= 4 is 11.6 Å². The Morgan fingerprint density at radius 3 is 1.57 bits per heavy atom. The Bertz CT molecular complexity index is 2710. The zero-order valence-electron chi connectivity index (χ0n) is 29.1. The van der Waals surface area contributed by atoms with Crippen molar-refractivity contribution in [1.82, 2.24) is 9.97 Å². The third kappa shape index (κ3) is 4.52. The number of aryl methyl sites for hydroxylation is 1. The van der Waals surface area contributed by atoms with Crippen LogP contribution in [0.4, 0.5) is 0 Å². The topological polar surface area (TPSA) is 25.8 Å². The molecule has 0 radical (unpaired) electrons. The molecule has 2 heteroatoms. The van der Waals surface area contributed by atoms with E-state index in [9.17, 15) is 0 Å². The van der Waals surface area contributed by atoms with Crippen LogP contribution < -0.4 is 0 Å². The maximum absolute atomic E-state index is 5.39. The molecule has 2 nitrogen and oxygen atoms in total. The average molecular weight is 675 g/mol. The number of aromatic nitrogens is 2. The van der Waals surface area contributed by atoms with E-state index in [0.29, 0.717) is 0 Å². The van der Waals surface area contributed by atoms with Crippen molar-refractivity contribution in [3.8, 4) is 55.9 Å². The standard InChI is InChI=1S/C51H34N2/c1-2-12-33(13-3-1)35-22-25-36(26-23-35)48-32-49(53-50(52-48)39-27-24-34-14-4-5-15-37(34)30-39)38-28-29-43-42-18-8-11-21-46(42)51(47(43)31-38)44-19-9-6-16-40(44)41-17-7-10-20-45(41)51/h1-23,25-26,28-32H,24,27H2. The quantitative estimate of drug-likeness (QED) is 0.186. The zero-order valence-corrected chi connectivity index (χ0v) is 29.1. The summed E-state index contributed by atoms with van der Waals surface area (Å²) in [6, 6.07) is 64.2. The second-order valence-electron chi connectivity index (χ2n) is 14.4. The van der Waals surface area contributed by atoms with Gasteiger partial charge in [0.1, 0.15) is 0 Å². The Labute approximate surface area is 309 Å². The SMILES string of the molecule is C1=C(c2nc(-c3ccc(-c4ccccc4)cc3)cc(-c3ccc4c(c3)C3(c5ccccc5-c5ccccc53)c3ccccc3-4)n2)CCc2ccccc21. The lowest BCUT2D eigenvalue weighted by atomic mass is 9.70. The Hall–Kier alpha value is -6.64. The fourth-order valence-electron chi connectivity index (χ4n) is 9.21. The molecule has 8 aromatic rings. The summed E-state index contributed by atoms with van der Waals surface area (Å²) in [7, 11) is 0. The van der Waals surface area contributed by atoms with Crippen LogP contribution >= 0.6 is 0 Å². The van der Waals surface area contributed by atoms with E-state index in [1.54, 1.807) is 0 Å². The highest BCUT2D eigenvalue weighted by Gasteiger charge is 2.51. The largest absolute Gasteiger partial charge is 0.228 e. The summed E-state index contributed by atoms with van der Waals surface area (Å²) in [4.78, 5) is 10.7. The van der Waals surface area contributed by atoms with Gasteiger partial charge in [-0.2, -0.15) is 0 Å². The molecule has 0 atom stereocenters. The molecule has 0 amide bonds. The first-order chi connectivity index (χ1) is 26.3. The van der Waals surface area contributed by atoms with Crippen LogP contribution in [0.25, 0.3) is 67.5 Å². The molecule has 0 aliphatic heterocycles. The van der Waals surface area contributed by atoms with Gasteiger partial charge >= 0.3 is 0 Å². The lowest BCUT2D eigenvalue weighted by molar-refractivity contribution is 0.794. The molecule has 53 heavy (non-hydrogen) atoms. The van der Waals surface area contributed by atoms with Gasteiger partial charge in [-0.1, -0.05) is 164 Å². The lowest BCUT2D eigenvalue weighted by Crippen LogP contribution is -2.25. The van der Waals surface area contributed by atoms with Crippen LogP contribution in [0.5, 0.6) is 0 Å². The van der Waals surface area contributed by atoms with E-state index in [1.165, 1.54) is 72.3 Å². The normalized spacial score (nSPS) is 14.2. The highest BCUT2D eigenvalue weighted by atomic mass is 14.9. The Morgan fingerprint density at radius 2 is 0.887 bits per heavy atom. The van der Waals surface area contributed by atoms with Crippen molar-refractivity contribution < 1.29 is 0 Å². The predicted molar refractivity (Wildman–Crippen MR) is 217 cm³/mol. The smallest absolute Gasteiger partial charge is 0.156 e. The van der Waals surface area contributed by atoms with Gasteiger partial charge in [-0.25, -0.2) is 9.97 Å². The van der Waals surface area contributed by atoms with E-state index >= 15 is 0 Å². The molecule has 0 N–H and O–H groups in total. The monoisotopic (exact) mass is 674 g/mol. The van der Waals surface area contributed by atoms with Gasteiger partial charge in [0.05, 0.1) is 16.8 Å². The van der Waals surface area contributed by atoms with Crippen LogP contribution in [-0.4, -0.2) is 9.97 Å². The van der Waals surface area contributed by atoms with Crippen molar-refractivity contribution in [3.63, 3.8) is 0 Å². The van der Waals surface area contributed by atoms with Crippen LogP contribution in [0.3, 0.4) is 0 Å². The number of benzene rings is 7. The average Bonchev–Trinajstić information content (AvgIpc) is 3.71. The van der Waals surface area contributed by atoms with Crippen molar-refractivity contribution in [2.45, 2.75) is 18.3 Å². The summed E-state index contributed by atoms with van der Waals surface area (Å²) < 4.78 is 0. The van der Waals surface area contributed by atoms with E-state index in [4.69, 9.17) is 9.97 Å². The van der Waals surface area contributed by atoms with Gasteiger partial charge in [-0.05, 0) is 103 Å². The molecule has 3 aliphatic carbocycles. The van der Waals surface area contributed by atoms with Gasteiger partial charge in [-0.15, -0.1) is 0 Å². The van der Waals surface area contributed by atoms with Crippen molar-refractivity contribution in [2.24, 2.45) is 0 Å². The molecule has 0 saturated carbocycles. The van der Waals surface area contributed by atoms with Crippen LogP contribution in [0.1, 0.15) is 45.6 Å². The summed E-state index contributed by atoms with van der Waals surface area (Å²) in [5.41, 5.74) is 20.4. The number of fused-ring (bicyclic) bond motifs is 11. The van der Waals surface area contributed by atoms with Crippen LogP contribution in [0, 0.1) is 0 Å². The number of allylic oxidation sites excluding steroid dienone is 1. The number of hydrogen-bond donors (Lipinski definition) is 0. The van der Waals surface area contributed by atoms with Gasteiger partial charge in [0.2, 0.25) is 0 Å². The van der Waals surface area contributed by atoms with Gasteiger partial charge in [0, 0.05) is 11.1 Å². The number of nitrogens with zero attached hydrogens (tertiary/aromatic N) is 2. The highest BCUT2D eigenvalue weighted by Crippen LogP contribution is 2.63. The maximum atomic E-state index is 5.39. The molecule has 1 aromatic heterocycles. The number of rotatable bonds is 4. The fraction of sp³-hybridized carbons (Fsp3) is 0.0588. The third-order valence-electron chi connectivity index (χ3n) is 11.6. The van der Waals surface area contributed by atoms with Gasteiger partial charge < -0.3 is 0 Å². The van der Waals surface area contributed by atoms with Crippen LogP contribution in [0.2, 0.25) is 0 Å². The van der Waals surface area contributed by atoms with Crippen molar-refractivity contribution in [1.29, 1.82) is 0 Å². The molecule has 0 saturated heterocycles. The van der Waals surface area contributed by atoms with Crippen LogP contribution in [-0.2, 0) is 11.8 Å². The molecule has 3 aliphatic rings. The van der Waals surface area contributed by atoms with E-state index in [2.05, 4.69) is 182 Å². The Kier molecular flexibility index (Phi) is 6.63. The second kappa shape index (κ2) is 11.7. The fourth-order valence-corrected chi connectivity index (χ4v) is 9.21. The first-order valence-electron chi connectivity index (χ1n) is 18.5. The zero-order chi connectivity index (χ0) is 34.9. The van der Waals surface area contributed by atoms with E-state index in [-0.39, 0.29) is 0 Å².